The number of methoxy groups -OCH3 is 1. The van der Waals surface area contributed by atoms with Gasteiger partial charge in [0.1, 0.15) is 0 Å². The van der Waals surface area contributed by atoms with Crippen molar-refractivity contribution in [2.75, 3.05) is 7.11 Å². The zero-order chi connectivity index (χ0) is 9.03. The Balaban J connectivity index is 2.70. The van der Waals surface area contributed by atoms with E-state index in [1.807, 2.05) is 6.08 Å². The lowest BCUT2D eigenvalue weighted by Gasteiger charge is -2.23. The van der Waals surface area contributed by atoms with Gasteiger partial charge in [-0.15, -0.1) is 6.58 Å². The summed E-state index contributed by atoms with van der Waals surface area (Å²) in [6.45, 7) is 3.68. The molecule has 68 valence electrons. The van der Waals surface area contributed by atoms with E-state index >= 15 is 0 Å². The number of ether oxygens (including phenoxy) is 1. The van der Waals surface area contributed by atoms with Crippen LogP contribution in [0.25, 0.3) is 0 Å². The Hall–Kier alpha value is -0.790. The average Bonchev–Trinajstić information content (AvgIpc) is 2.53. The molecule has 12 heavy (non-hydrogen) atoms. The molecule has 0 unspecified atom stereocenters. The van der Waals surface area contributed by atoms with Gasteiger partial charge in [0.05, 0.1) is 12.5 Å². The van der Waals surface area contributed by atoms with Crippen molar-refractivity contribution in [3.8, 4) is 0 Å². The Kier molecular flexibility index (Phi) is 2.90. The molecule has 1 fully saturated rings. The van der Waals surface area contributed by atoms with E-state index in [2.05, 4.69) is 6.58 Å². The Morgan fingerprint density at radius 3 is 2.58 bits per heavy atom. The Morgan fingerprint density at radius 1 is 1.58 bits per heavy atom. The molecule has 0 saturated heterocycles. The van der Waals surface area contributed by atoms with E-state index in [-0.39, 0.29) is 11.4 Å². The van der Waals surface area contributed by atoms with Crippen LogP contribution in [0.4, 0.5) is 0 Å². The highest BCUT2D eigenvalue weighted by Crippen LogP contribution is 2.42. The SMILES string of the molecule is C=CCC1(C(=O)OC)CCCC1. The molecule has 0 aromatic carbocycles. The van der Waals surface area contributed by atoms with Crippen molar-refractivity contribution in [1.29, 1.82) is 0 Å². The van der Waals surface area contributed by atoms with E-state index in [1.54, 1.807) is 0 Å². The third-order valence-corrected chi connectivity index (χ3v) is 2.71. The van der Waals surface area contributed by atoms with Crippen LogP contribution in [-0.4, -0.2) is 13.1 Å². The van der Waals surface area contributed by atoms with Crippen LogP contribution in [0.15, 0.2) is 12.7 Å². The van der Waals surface area contributed by atoms with E-state index in [1.165, 1.54) is 7.11 Å². The maximum Gasteiger partial charge on any atom is 0.312 e. The van der Waals surface area contributed by atoms with Gasteiger partial charge in [0.25, 0.3) is 0 Å². The van der Waals surface area contributed by atoms with Gasteiger partial charge in [-0.05, 0) is 19.3 Å². The Labute approximate surface area is 73.6 Å². The van der Waals surface area contributed by atoms with Crippen molar-refractivity contribution in [2.45, 2.75) is 32.1 Å². The lowest BCUT2D eigenvalue weighted by atomic mass is 9.83. The third-order valence-electron chi connectivity index (χ3n) is 2.71. The summed E-state index contributed by atoms with van der Waals surface area (Å²) in [5.74, 6) is -0.0556. The first-order valence-corrected chi connectivity index (χ1v) is 4.44. The predicted molar refractivity (Wildman–Crippen MR) is 47.7 cm³/mol. The van der Waals surface area contributed by atoms with Crippen LogP contribution in [0.5, 0.6) is 0 Å². The number of hydrogen-bond acceptors (Lipinski definition) is 2. The summed E-state index contributed by atoms with van der Waals surface area (Å²) in [4.78, 5) is 11.5. The molecule has 0 atom stereocenters. The fourth-order valence-electron chi connectivity index (χ4n) is 2.04. The van der Waals surface area contributed by atoms with E-state index in [9.17, 15) is 4.79 Å². The van der Waals surface area contributed by atoms with E-state index in [0.717, 1.165) is 32.1 Å². The largest absolute Gasteiger partial charge is 0.469 e. The third kappa shape index (κ3) is 1.52. The summed E-state index contributed by atoms with van der Waals surface area (Å²) >= 11 is 0. The molecule has 1 aliphatic rings. The second-order valence-electron chi connectivity index (χ2n) is 3.47. The molecule has 0 bridgehead atoms. The highest BCUT2D eigenvalue weighted by atomic mass is 16.5. The molecule has 0 aromatic rings. The summed E-state index contributed by atoms with van der Waals surface area (Å²) in [7, 11) is 1.46. The fourth-order valence-corrected chi connectivity index (χ4v) is 2.04. The van der Waals surface area contributed by atoms with Crippen LogP contribution in [0, 0.1) is 5.41 Å². The highest BCUT2D eigenvalue weighted by molar-refractivity contribution is 5.77. The van der Waals surface area contributed by atoms with Crippen molar-refractivity contribution < 1.29 is 9.53 Å². The fraction of sp³-hybridized carbons (Fsp3) is 0.700. The molecule has 0 heterocycles. The number of rotatable bonds is 3. The van der Waals surface area contributed by atoms with E-state index in [0.29, 0.717) is 0 Å². The number of allylic oxidation sites excluding steroid dienone is 1. The van der Waals surface area contributed by atoms with Crippen LogP contribution in [0.3, 0.4) is 0 Å². The second kappa shape index (κ2) is 3.74. The molecular weight excluding hydrogens is 152 g/mol. The van der Waals surface area contributed by atoms with Gasteiger partial charge in [0.2, 0.25) is 0 Å². The summed E-state index contributed by atoms with van der Waals surface area (Å²) < 4.78 is 4.80. The highest BCUT2D eigenvalue weighted by Gasteiger charge is 2.40. The average molecular weight is 168 g/mol. The molecule has 1 aliphatic carbocycles. The van der Waals surface area contributed by atoms with Gasteiger partial charge >= 0.3 is 5.97 Å². The minimum absolute atomic E-state index is 0.0556. The van der Waals surface area contributed by atoms with Crippen LogP contribution in [-0.2, 0) is 9.53 Å². The number of hydrogen-bond donors (Lipinski definition) is 0. The van der Waals surface area contributed by atoms with Crippen molar-refractivity contribution in [3.05, 3.63) is 12.7 Å². The molecular formula is C10H16O2. The van der Waals surface area contributed by atoms with Crippen molar-refractivity contribution in [3.63, 3.8) is 0 Å². The summed E-state index contributed by atoms with van der Waals surface area (Å²) in [6, 6.07) is 0. The minimum atomic E-state index is -0.226. The standard InChI is InChI=1S/C10H16O2/c1-3-6-10(9(11)12-2)7-4-5-8-10/h3H,1,4-8H2,2H3. The van der Waals surface area contributed by atoms with Gasteiger partial charge in [0, 0.05) is 0 Å². The van der Waals surface area contributed by atoms with Crippen molar-refractivity contribution in [2.24, 2.45) is 5.41 Å². The van der Waals surface area contributed by atoms with Crippen LogP contribution >= 0.6 is 0 Å². The molecule has 1 rings (SSSR count). The van der Waals surface area contributed by atoms with E-state index < -0.39 is 0 Å². The summed E-state index contributed by atoms with van der Waals surface area (Å²) in [6.07, 6.45) is 6.80. The Morgan fingerprint density at radius 2 is 2.17 bits per heavy atom. The second-order valence-corrected chi connectivity index (χ2v) is 3.47. The van der Waals surface area contributed by atoms with Gasteiger partial charge in [-0.25, -0.2) is 0 Å². The normalized spacial score (nSPS) is 20.4. The number of carbonyl (C=O) groups is 1. The lowest BCUT2D eigenvalue weighted by molar-refractivity contribution is -0.152. The molecule has 0 N–H and O–H groups in total. The molecule has 2 nitrogen and oxygen atoms in total. The summed E-state index contributed by atoms with van der Waals surface area (Å²) in [5, 5.41) is 0. The van der Waals surface area contributed by atoms with Gasteiger partial charge < -0.3 is 4.74 Å². The van der Waals surface area contributed by atoms with Crippen LogP contribution < -0.4 is 0 Å². The number of esters is 1. The maximum atomic E-state index is 11.5. The molecule has 0 aliphatic heterocycles. The predicted octanol–water partition coefficient (Wildman–Crippen LogP) is 2.30. The first-order valence-electron chi connectivity index (χ1n) is 4.44. The monoisotopic (exact) mass is 168 g/mol. The van der Waals surface area contributed by atoms with Crippen LogP contribution in [0.1, 0.15) is 32.1 Å². The summed E-state index contributed by atoms with van der Waals surface area (Å²) in [5.41, 5.74) is -0.226. The van der Waals surface area contributed by atoms with Gasteiger partial charge in [-0.1, -0.05) is 18.9 Å². The van der Waals surface area contributed by atoms with Gasteiger partial charge in [0.15, 0.2) is 0 Å². The molecule has 0 aromatic heterocycles. The maximum absolute atomic E-state index is 11.5. The molecule has 0 spiro atoms. The van der Waals surface area contributed by atoms with Crippen LogP contribution in [0.2, 0.25) is 0 Å². The molecule has 1 saturated carbocycles. The minimum Gasteiger partial charge on any atom is -0.469 e. The van der Waals surface area contributed by atoms with Gasteiger partial charge in [-0.2, -0.15) is 0 Å². The smallest absolute Gasteiger partial charge is 0.312 e. The first kappa shape index (κ1) is 9.30. The quantitative estimate of drug-likeness (QED) is 0.477. The van der Waals surface area contributed by atoms with Gasteiger partial charge in [-0.3, -0.25) is 4.79 Å². The molecule has 0 radical (unpaired) electrons. The molecule has 2 heteroatoms. The van der Waals surface area contributed by atoms with Crippen molar-refractivity contribution in [1.82, 2.24) is 0 Å². The number of carbonyl (C=O) groups excluding carboxylic acids is 1. The lowest BCUT2D eigenvalue weighted by Crippen LogP contribution is -2.28. The zero-order valence-corrected chi connectivity index (χ0v) is 7.64. The van der Waals surface area contributed by atoms with Crippen molar-refractivity contribution >= 4 is 5.97 Å². The zero-order valence-electron chi connectivity index (χ0n) is 7.64. The first-order chi connectivity index (χ1) is 5.75. The topological polar surface area (TPSA) is 26.3 Å². The Bertz CT molecular complexity index is 178. The molecule has 0 amide bonds. The van der Waals surface area contributed by atoms with E-state index in [4.69, 9.17) is 4.74 Å².